The normalized spacial score (nSPS) is 15.9. The number of carbonyl (C=O) groups excluding carboxylic acids is 1. The highest BCUT2D eigenvalue weighted by Gasteiger charge is 2.23. The second kappa shape index (κ2) is 12.0. The lowest BCUT2D eigenvalue weighted by molar-refractivity contribution is 0.0507. The molecule has 30 heavy (non-hydrogen) atoms. The first-order valence-corrected chi connectivity index (χ1v) is 11.4. The molecule has 1 aliphatic rings. The molecule has 1 aliphatic heterocycles. The van der Waals surface area contributed by atoms with E-state index < -0.39 is 0 Å². The third kappa shape index (κ3) is 7.03. The zero-order chi connectivity index (χ0) is 21.2. The minimum absolute atomic E-state index is 0.00921. The first-order chi connectivity index (χ1) is 14.7. The van der Waals surface area contributed by atoms with Gasteiger partial charge in [0.2, 0.25) is 0 Å². The minimum Gasteiger partial charge on any atom is -0.494 e. The van der Waals surface area contributed by atoms with E-state index in [0.29, 0.717) is 23.7 Å². The van der Waals surface area contributed by atoms with Crippen LogP contribution >= 0.6 is 11.6 Å². The molecule has 1 atom stereocenters. The Morgan fingerprint density at radius 3 is 2.53 bits per heavy atom. The van der Waals surface area contributed by atoms with Gasteiger partial charge in [-0.05, 0) is 61.2 Å². The smallest absolute Gasteiger partial charge is 0.254 e. The molecule has 1 fully saturated rings. The number of ether oxygens (including phenoxy) is 2. The maximum absolute atomic E-state index is 13.3. The van der Waals surface area contributed by atoms with Crippen LogP contribution in [0.4, 0.5) is 0 Å². The molecular weight excluding hydrogens is 398 g/mol. The Labute approximate surface area is 185 Å². The van der Waals surface area contributed by atoms with E-state index in [1.54, 1.807) is 0 Å². The Morgan fingerprint density at radius 2 is 1.87 bits per heavy atom. The molecule has 1 amide bonds. The third-order valence-electron chi connectivity index (χ3n) is 5.39. The van der Waals surface area contributed by atoms with Crippen molar-refractivity contribution in [2.75, 3.05) is 19.8 Å². The summed E-state index contributed by atoms with van der Waals surface area (Å²) < 4.78 is 11.6. The highest BCUT2D eigenvalue weighted by atomic mass is 35.5. The predicted octanol–water partition coefficient (Wildman–Crippen LogP) is 6.12. The van der Waals surface area contributed by atoms with Gasteiger partial charge in [-0.1, -0.05) is 49.9 Å². The predicted molar refractivity (Wildman–Crippen MR) is 121 cm³/mol. The molecule has 1 saturated heterocycles. The van der Waals surface area contributed by atoms with Crippen LogP contribution in [0.15, 0.2) is 48.5 Å². The molecule has 0 saturated carbocycles. The monoisotopic (exact) mass is 429 g/mol. The van der Waals surface area contributed by atoms with Gasteiger partial charge in [-0.3, -0.25) is 4.79 Å². The first-order valence-electron chi connectivity index (χ1n) is 11.0. The van der Waals surface area contributed by atoms with Gasteiger partial charge < -0.3 is 14.4 Å². The third-order valence-corrected chi connectivity index (χ3v) is 5.64. The van der Waals surface area contributed by atoms with Crippen LogP contribution in [0.2, 0.25) is 5.02 Å². The van der Waals surface area contributed by atoms with Gasteiger partial charge in [0.05, 0.1) is 12.7 Å². The summed E-state index contributed by atoms with van der Waals surface area (Å²) in [4.78, 5) is 15.1. The number of carbonyl (C=O) groups is 1. The summed E-state index contributed by atoms with van der Waals surface area (Å²) in [5.41, 5.74) is 1.72. The lowest BCUT2D eigenvalue weighted by Gasteiger charge is -2.26. The fourth-order valence-electron chi connectivity index (χ4n) is 3.66. The van der Waals surface area contributed by atoms with E-state index >= 15 is 0 Å². The molecule has 0 spiro atoms. The summed E-state index contributed by atoms with van der Waals surface area (Å²) in [6, 6.07) is 15.1. The van der Waals surface area contributed by atoms with Gasteiger partial charge in [0.25, 0.3) is 5.91 Å². The Morgan fingerprint density at radius 1 is 1.10 bits per heavy atom. The molecule has 0 aliphatic carbocycles. The Hall–Kier alpha value is -2.04. The fraction of sp³-hybridized carbons (Fsp3) is 0.480. The van der Waals surface area contributed by atoms with Crippen molar-refractivity contribution in [3.05, 3.63) is 64.7 Å². The molecule has 162 valence electrons. The summed E-state index contributed by atoms with van der Waals surface area (Å²) >= 11 is 6.01. The Kier molecular flexibility index (Phi) is 9.03. The van der Waals surface area contributed by atoms with E-state index in [4.69, 9.17) is 21.1 Å². The zero-order valence-corrected chi connectivity index (χ0v) is 18.6. The first kappa shape index (κ1) is 22.6. The summed E-state index contributed by atoms with van der Waals surface area (Å²) in [6.45, 7) is 4.82. The van der Waals surface area contributed by atoms with Gasteiger partial charge in [0.15, 0.2) is 0 Å². The van der Waals surface area contributed by atoms with Gasteiger partial charge in [0, 0.05) is 30.3 Å². The van der Waals surface area contributed by atoms with Crippen molar-refractivity contribution in [3.63, 3.8) is 0 Å². The average molecular weight is 430 g/mol. The van der Waals surface area contributed by atoms with Crippen LogP contribution < -0.4 is 4.74 Å². The lowest BCUT2D eigenvalue weighted by atomic mass is 10.1. The van der Waals surface area contributed by atoms with Crippen molar-refractivity contribution in [1.29, 1.82) is 0 Å². The van der Waals surface area contributed by atoms with Crippen molar-refractivity contribution in [1.82, 2.24) is 4.90 Å². The van der Waals surface area contributed by atoms with Crippen molar-refractivity contribution in [2.45, 2.75) is 58.1 Å². The van der Waals surface area contributed by atoms with Crippen LogP contribution in [0.3, 0.4) is 0 Å². The molecule has 2 aromatic carbocycles. The maximum atomic E-state index is 13.3. The number of unbranched alkanes of at least 4 members (excludes halogenated alkanes) is 3. The van der Waals surface area contributed by atoms with Crippen LogP contribution in [0.1, 0.15) is 61.4 Å². The standard InChI is InChI=1S/C25H32ClNO3/c1-2-3-4-5-16-29-23-14-10-21(11-15-23)25(28)27(19-24-7-6-17-30-24)18-20-8-12-22(26)13-9-20/h8-15,24H,2-7,16-19H2,1H3. The number of halogens is 1. The van der Waals surface area contributed by atoms with E-state index in [0.717, 1.165) is 43.8 Å². The molecule has 5 heteroatoms. The van der Waals surface area contributed by atoms with Crippen LogP contribution in [0, 0.1) is 0 Å². The molecule has 2 aromatic rings. The Balaban J connectivity index is 1.63. The van der Waals surface area contributed by atoms with Gasteiger partial charge in [-0.2, -0.15) is 0 Å². The molecule has 4 nitrogen and oxygen atoms in total. The minimum atomic E-state index is 0.00921. The van der Waals surface area contributed by atoms with Crippen molar-refractivity contribution >= 4 is 17.5 Å². The van der Waals surface area contributed by atoms with Crippen molar-refractivity contribution in [3.8, 4) is 5.75 Å². The number of amides is 1. The quantitative estimate of drug-likeness (QED) is 0.404. The van der Waals surface area contributed by atoms with Gasteiger partial charge in [-0.15, -0.1) is 0 Å². The summed E-state index contributed by atoms with van der Waals surface area (Å²) in [5, 5.41) is 0.695. The number of rotatable bonds is 11. The van der Waals surface area contributed by atoms with Crippen LogP contribution in [0.5, 0.6) is 5.75 Å². The molecular formula is C25H32ClNO3. The number of hydrogen-bond donors (Lipinski definition) is 0. The second-order valence-corrected chi connectivity index (χ2v) is 8.32. The number of nitrogens with zero attached hydrogens (tertiary/aromatic N) is 1. The zero-order valence-electron chi connectivity index (χ0n) is 17.8. The van der Waals surface area contributed by atoms with Crippen LogP contribution in [-0.2, 0) is 11.3 Å². The van der Waals surface area contributed by atoms with Gasteiger partial charge in [-0.25, -0.2) is 0 Å². The lowest BCUT2D eigenvalue weighted by Crippen LogP contribution is -2.36. The molecule has 1 heterocycles. The SMILES string of the molecule is CCCCCCOc1ccc(C(=O)N(Cc2ccc(Cl)cc2)CC2CCCO2)cc1. The highest BCUT2D eigenvalue weighted by Crippen LogP contribution is 2.20. The van der Waals surface area contributed by atoms with E-state index in [-0.39, 0.29) is 12.0 Å². The fourth-order valence-corrected chi connectivity index (χ4v) is 3.78. The van der Waals surface area contributed by atoms with Crippen molar-refractivity contribution in [2.24, 2.45) is 0 Å². The van der Waals surface area contributed by atoms with Crippen molar-refractivity contribution < 1.29 is 14.3 Å². The molecule has 3 rings (SSSR count). The summed E-state index contributed by atoms with van der Waals surface area (Å²) in [5.74, 6) is 0.821. The summed E-state index contributed by atoms with van der Waals surface area (Å²) in [7, 11) is 0. The number of benzene rings is 2. The maximum Gasteiger partial charge on any atom is 0.254 e. The molecule has 1 unspecified atom stereocenters. The molecule has 0 bridgehead atoms. The van der Waals surface area contributed by atoms with Crippen LogP contribution in [-0.4, -0.2) is 36.7 Å². The van der Waals surface area contributed by atoms with E-state index in [1.807, 2.05) is 53.4 Å². The molecule has 0 N–H and O–H groups in total. The van der Waals surface area contributed by atoms with E-state index in [2.05, 4.69) is 6.92 Å². The number of hydrogen-bond acceptors (Lipinski definition) is 3. The van der Waals surface area contributed by atoms with E-state index in [9.17, 15) is 4.79 Å². The highest BCUT2D eigenvalue weighted by molar-refractivity contribution is 6.30. The van der Waals surface area contributed by atoms with Crippen LogP contribution in [0.25, 0.3) is 0 Å². The second-order valence-electron chi connectivity index (χ2n) is 7.88. The van der Waals surface area contributed by atoms with E-state index in [1.165, 1.54) is 19.3 Å². The Bertz CT molecular complexity index is 770. The van der Waals surface area contributed by atoms with Gasteiger partial charge in [0.1, 0.15) is 5.75 Å². The van der Waals surface area contributed by atoms with Gasteiger partial charge >= 0.3 is 0 Å². The molecule has 0 aromatic heterocycles. The molecule has 0 radical (unpaired) electrons. The average Bonchev–Trinajstić information content (AvgIpc) is 3.28. The topological polar surface area (TPSA) is 38.8 Å². The summed E-state index contributed by atoms with van der Waals surface area (Å²) in [6.07, 6.45) is 6.86. The largest absolute Gasteiger partial charge is 0.494 e.